The summed E-state index contributed by atoms with van der Waals surface area (Å²) in [5.41, 5.74) is -0.334. The molecule has 3 heteroatoms. The molecule has 0 saturated carbocycles. The third-order valence-corrected chi connectivity index (χ3v) is 2.18. The van der Waals surface area contributed by atoms with Gasteiger partial charge in [-0.25, -0.2) is 8.78 Å². The molecule has 0 N–H and O–H groups in total. The molecule has 0 aliphatic heterocycles. The third kappa shape index (κ3) is 1.91. The molecule has 0 aromatic carbocycles. The smallest absolute Gasteiger partial charge is 0.264 e. The van der Waals surface area contributed by atoms with Gasteiger partial charge in [0.2, 0.25) is 0 Å². The maximum atomic E-state index is 13.8. The molecule has 1 aromatic heterocycles. The Balaban J connectivity index is 3.16. The Bertz CT molecular complexity index is 326. The van der Waals surface area contributed by atoms with Gasteiger partial charge in [0.25, 0.3) is 5.92 Å². The van der Waals surface area contributed by atoms with Gasteiger partial charge in [-0.3, -0.25) is 4.98 Å². The number of aromatic nitrogens is 1. The first kappa shape index (κ1) is 11.1. The molecule has 1 rings (SSSR count). The van der Waals surface area contributed by atoms with Gasteiger partial charge in [-0.15, -0.1) is 0 Å². The molecule has 0 bridgehead atoms. The summed E-state index contributed by atoms with van der Waals surface area (Å²) in [6.07, 6.45) is 2.81. The normalized spacial score (nSPS) is 13.0. The van der Waals surface area contributed by atoms with E-state index in [1.807, 2.05) is 0 Å². The molecule has 14 heavy (non-hydrogen) atoms. The number of hydrogen-bond donors (Lipinski definition) is 0. The van der Waals surface area contributed by atoms with Crippen LogP contribution in [0.15, 0.2) is 18.5 Å². The highest BCUT2D eigenvalue weighted by Gasteiger charge is 2.44. The molecular formula is C11H15F2N. The van der Waals surface area contributed by atoms with Crippen LogP contribution in [-0.4, -0.2) is 4.98 Å². The van der Waals surface area contributed by atoms with E-state index in [1.54, 1.807) is 13.1 Å². The zero-order chi connectivity index (χ0) is 11.0. The van der Waals surface area contributed by atoms with Gasteiger partial charge in [-0.2, -0.15) is 0 Å². The van der Waals surface area contributed by atoms with Crippen LogP contribution in [0.3, 0.4) is 0 Å². The second-order valence-electron chi connectivity index (χ2n) is 4.58. The molecular weight excluding hydrogens is 184 g/mol. The minimum atomic E-state index is -2.84. The summed E-state index contributed by atoms with van der Waals surface area (Å²) >= 11 is 0. The van der Waals surface area contributed by atoms with Gasteiger partial charge in [0.05, 0.1) is 0 Å². The standard InChI is InChI=1S/C11H15F2N/c1-8-5-9(7-14-6-8)11(12,13)10(2,3)4/h5-7H,1-4H3. The Kier molecular flexibility index (Phi) is 2.61. The first-order valence-electron chi connectivity index (χ1n) is 4.55. The number of nitrogens with zero attached hydrogens (tertiary/aromatic N) is 1. The summed E-state index contributed by atoms with van der Waals surface area (Å²) in [4.78, 5) is 3.78. The Hall–Kier alpha value is -0.990. The van der Waals surface area contributed by atoms with E-state index < -0.39 is 11.3 Å². The van der Waals surface area contributed by atoms with E-state index in [4.69, 9.17) is 0 Å². The average Bonchev–Trinajstić information content (AvgIpc) is 2.02. The van der Waals surface area contributed by atoms with Crippen LogP contribution >= 0.6 is 0 Å². The van der Waals surface area contributed by atoms with Crippen LogP contribution in [-0.2, 0) is 5.92 Å². The SMILES string of the molecule is Cc1cncc(C(F)(F)C(C)(C)C)c1. The second kappa shape index (κ2) is 3.30. The fourth-order valence-electron chi connectivity index (χ4n) is 1.16. The molecule has 0 aliphatic rings. The van der Waals surface area contributed by atoms with E-state index in [-0.39, 0.29) is 5.56 Å². The monoisotopic (exact) mass is 199 g/mol. The fraction of sp³-hybridized carbons (Fsp3) is 0.545. The predicted octanol–water partition coefficient (Wildman–Crippen LogP) is 3.53. The molecule has 0 unspecified atom stereocenters. The summed E-state index contributed by atoms with van der Waals surface area (Å²) < 4.78 is 27.6. The number of pyridine rings is 1. The fourth-order valence-corrected chi connectivity index (χ4v) is 1.16. The Morgan fingerprint density at radius 2 is 1.71 bits per heavy atom. The highest BCUT2D eigenvalue weighted by atomic mass is 19.3. The largest absolute Gasteiger partial charge is 0.279 e. The zero-order valence-electron chi connectivity index (χ0n) is 8.94. The lowest BCUT2D eigenvalue weighted by Crippen LogP contribution is -2.31. The van der Waals surface area contributed by atoms with Gasteiger partial charge in [0, 0.05) is 23.4 Å². The van der Waals surface area contributed by atoms with Crippen molar-refractivity contribution in [3.63, 3.8) is 0 Å². The van der Waals surface area contributed by atoms with Crippen molar-refractivity contribution in [2.45, 2.75) is 33.6 Å². The summed E-state index contributed by atoms with van der Waals surface area (Å²) in [6, 6.07) is 1.48. The lowest BCUT2D eigenvalue weighted by atomic mass is 9.84. The van der Waals surface area contributed by atoms with Crippen LogP contribution in [0.4, 0.5) is 8.78 Å². The molecule has 0 spiro atoms. The van der Waals surface area contributed by atoms with Gasteiger partial charge in [-0.1, -0.05) is 20.8 Å². The Morgan fingerprint density at radius 3 is 2.14 bits per heavy atom. The number of aryl methyl sites for hydroxylation is 1. The predicted molar refractivity (Wildman–Crippen MR) is 52.3 cm³/mol. The highest BCUT2D eigenvalue weighted by molar-refractivity contribution is 5.22. The number of alkyl halides is 2. The molecule has 0 amide bonds. The second-order valence-corrected chi connectivity index (χ2v) is 4.58. The summed E-state index contributed by atoms with van der Waals surface area (Å²) in [5, 5.41) is 0. The first-order valence-corrected chi connectivity index (χ1v) is 4.55. The average molecular weight is 199 g/mol. The van der Waals surface area contributed by atoms with E-state index in [1.165, 1.54) is 33.0 Å². The molecule has 0 atom stereocenters. The zero-order valence-corrected chi connectivity index (χ0v) is 8.94. The molecule has 0 saturated heterocycles. The quantitative estimate of drug-likeness (QED) is 0.674. The van der Waals surface area contributed by atoms with Gasteiger partial charge in [-0.05, 0) is 18.6 Å². The van der Waals surface area contributed by atoms with E-state index in [9.17, 15) is 8.78 Å². The Morgan fingerprint density at radius 1 is 1.14 bits per heavy atom. The van der Waals surface area contributed by atoms with Crippen LogP contribution < -0.4 is 0 Å². The van der Waals surface area contributed by atoms with E-state index in [0.29, 0.717) is 0 Å². The minimum absolute atomic E-state index is 0.00926. The van der Waals surface area contributed by atoms with Crippen LogP contribution in [0.5, 0.6) is 0 Å². The lowest BCUT2D eigenvalue weighted by molar-refractivity contribution is -0.104. The summed E-state index contributed by atoms with van der Waals surface area (Å²) in [7, 11) is 0. The van der Waals surface area contributed by atoms with Crippen molar-refractivity contribution in [1.29, 1.82) is 0 Å². The van der Waals surface area contributed by atoms with Crippen LogP contribution in [0.25, 0.3) is 0 Å². The van der Waals surface area contributed by atoms with Crippen molar-refractivity contribution in [2.24, 2.45) is 5.41 Å². The van der Waals surface area contributed by atoms with Crippen molar-refractivity contribution >= 4 is 0 Å². The van der Waals surface area contributed by atoms with Crippen molar-refractivity contribution in [2.75, 3.05) is 0 Å². The van der Waals surface area contributed by atoms with Crippen LogP contribution in [0.1, 0.15) is 31.9 Å². The first-order chi connectivity index (χ1) is 6.25. The van der Waals surface area contributed by atoms with Gasteiger partial charge in [0.15, 0.2) is 0 Å². The van der Waals surface area contributed by atoms with Crippen molar-refractivity contribution in [3.8, 4) is 0 Å². The third-order valence-electron chi connectivity index (χ3n) is 2.18. The van der Waals surface area contributed by atoms with Gasteiger partial charge >= 0.3 is 0 Å². The number of hydrogen-bond acceptors (Lipinski definition) is 1. The van der Waals surface area contributed by atoms with E-state index in [2.05, 4.69) is 4.98 Å². The lowest BCUT2D eigenvalue weighted by Gasteiger charge is -2.30. The van der Waals surface area contributed by atoms with Crippen molar-refractivity contribution in [3.05, 3.63) is 29.6 Å². The summed E-state index contributed by atoms with van der Waals surface area (Å²) in [6.45, 7) is 6.33. The highest BCUT2D eigenvalue weighted by Crippen LogP contribution is 2.44. The maximum Gasteiger partial charge on any atom is 0.279 e. The van der Waals surface area contributed by atoms with Gasteiger partial charge in [0.1, 0.15) is 0 Å². The number of rotatable bonds is 1. The molecule has 0 fully saturated rings. The molecule has 1 nitrogen and oxygen atoms in total. The minimum Gasteiger partial charge on any atom is -0.264 e. The summed E-state index contributed by atoms with van der Waals surface area (Å²) in [5.74, 6) is -2.84. The van der Waals surface area contributed by atoms with E-state index in [0.717, 1.165) is 5.56 Å². The molecule has 1 aromatic rings. The topological polar surface area (TPSA) is 12.9 Å². The maximum absolute atomic E-state index is 13.8. The van der Waals surface area contributed by atoms with E-state index >= 15 is 0 Å². The molecule has 0 radical (unpaired) electrons. The molecule has 1 heterocycles. The Labute approximate surface area is 83.2 Å². The van der Waals surface area contributed by atoms with Gasteiger partial charge < -0.3 is 0 Å². The van der Waals surface area contributed by atoms with Crippen molar-refractivity contribution < 1.29 is 8.78 Å². The van der Waals surface area contributed by atoms with Crippen LogP contribution in [0, 0.1) is 12.3 Å². The number of halogens is 2. The molecule has 78 valence electrons. The van der Waals surface area contributed by atoms with Crippen LogP contribution in [0.2, 0.25) is 0 Å². The van der Waals surface area contributed by atoms with Crippen molar-refractivity contribution in [1.82, 2.24) is 4.98 Å². The molecule has 0 aliphatic carbocycles.